The molecule has 2 heterocycles. The molecule has 0 saturated carbocycles. The fourth-order valence-corrected chi connectivity index (χ4v) is 2.21. The van der Waals surface area contributed by atoms with E-state index in [1.165, 1.54) is 5.56 Å². The van der Waals surface area contributed by atoms with Crippen molar-refractivity contribution in [2.75, 3.05) is 11.9 Å². The van der Waals surface area contributed by atoms with Crippen molar-refractivity contribution >= 4 is 23.1 Å². The zero-order chi connectivity index (χ0) is 12.4. The van der Waals surface area contributed by atoms with E-state index in [0.29, 0.717) is 5.02 Å². The van der Waals surface area contributed by atoms with E-state index in [0.717, 1.165) is 36.7 Å². The van der Waals surface area contributed by atoms with E-state index >= 15 is 0 Å². The molecule has 5 heteroatoms. The minimum atomic E-state index is 0.701. The third kappa shape index (κ3) is 2.44. The number of benzene rings is 1. The van der Waals surface area contributed by atoms with Crippen LogP contribution in [0.4, 0.5) is 11.5 Å². The van der Waals surface area contributed by atoms with Crippen LogP contribution in [-0.2, 0) is 13.0 Å². The van der Waals surface area contributed by atoms with Gasteiger partial charge in [-0.3, -0.25) is 0 Å². The SMILES string of the molecule is Clc1cccc(Nc2cc3c(nn2)CCNC3)c1. The highest BCUT2D eigenvalue weighted by Gasteiger charge is 2.11. The van der Waals surface area contributed by atoms with Gasteiger partial charge in [-0.1, -0.05) is 17.7 Å². The summed E-state index contributed by atoms with van der Waals surface area (Å²) >= 11 is 5.94. The van der Waals surface area contributed by atoms with Crippen LogP contribution in [0.3, 0.4) is 0 Å². The Bertz CT molecular complexity index is 571. The zero-order valence-corrected chi connectivity index (χ0v) is 10.5. The van der Waals surface area contributed by atoms with E-state index in [-0.39, 0.29) is 0 Å². The molecule has 2 N–H and O–H groups in total. The molecule has 1 aliphatic rings. The molecule has 1 aromatic heterocycles. The van der Waals surface area contributed by atoms with Gasteiger partial charge in [0.2, 0.25) is 0 Å². The van der Waals surface area contributed by atoms with Crippen LogP contribution < -0.4 is 10.6 Å². The molecular formula is C13H13ClN4. The number of anilines is 2. The number of hydrogen-bond donors (Lipinski definition) is 2. The van der Waals surface area contributed by atoms with Gasteiger partial charge in [0, 0.05) is 30.2 Å². The topological polar surface area (TPSA) is 49.8 Å². The molecular weight excluding hydrogens is 248 g/mol. The minimum Gasteiger partial charge on any atom is -0.339 e. The summed E-state index contributed by atoms with van der Waals surface area (Å²) in [6.45, 7) is 1.83. The van der Waals surface area contributed by atoms with Gasteiger partial charge in [0.25, 0.3) is 0 Å². The average Bonchev–Trinajstić information content (AvgIpc) is 2.39. The first-order valence-electron chi connectivity index (χ1n) is 5.90. The Morgan fingerprint density at radius 2 is 2.17 bits per heavy atom. The molecule has 0 amide bonds. The lowest BCUT2D eigenvalue weighted by Crippen LogP contribution is -2.25. The highest BCUT2D eigenvalue weighted by molar-refractivity contribution is 6.30. The van der Waals surface area contributed by atoms with Gasteiger partial charge in [-0.05, 0) is 29.8 Å². The van der Waals surface area contributed by atoms with Gasteiger partial charge in [-0.15, -0.1) is 5.10 Å². The summed E-state index contributed by atoms with van der Waals surface area (Å²) in [7, 11) is 0. The lowest BCUT2D eigenvalue weighted by Gasteiger charge is -2.16. The second kappa shape index (κ2) is 4.92. The summed E-state index contributed by atoms with van der Waals surface area (Å²) in [5.74, 6) is 0.750. The fraction of sp³-hybridized carbons (Fsp3) is 0.231. The Kier molecular flexibility index (Phi) is 3.13. The van der Waals surface area contributed by atoms with Gasteiger partial charge in [0.05, 0.1) is 5.69 Å². The maximum absolute atomic E-state index is 5.94. The summed E-state index contributed by atoms with van der Waals surface area (Å²) < 4.78 is 0. The number of nitrogens with one attached hydrogen (secondary N) is 2. The maximum Gasteiger partial charge on any atom is 0.153 e. The molecule has 0 spiro atoms. The Morgan fingerprint density at radius 1 is 1.22 bits per heavy atom. The molecule has 0 atom stereocenters. The Morgan fingerprint density at radius 3 is 3.06 bits per heavy atom. The van der Waals surface area contributed by atoms with Crippen LogP contribution in [0, 0.1) is 0 Å². The van der Waals surface area contributed by atoms with Gasteiger partial charge in [0.1, 0.15) is 0 Å². The largest absolute Gasteiger partial charge is 0.339 e. The van der Waals surface area contributed by atoms with Crippen molar-refractivity contribution in [1.29, 1.82) is 0 Å². The zero-order valence-electron chi connectivity index (χ0n) is 9.78. The molecule has 0 saturated heterocycles. The van der Waals surface area contributed by atoms with Gasteiger partial charge in [-0.2, -0.15) is 5.10 Å². The molecule has 0 aliphatic carbocycles. The third-order valence-corrected chi connectivity index (χ3v) is 3.15. The number of nitrogens with zero attached hydrogens (tertiary/aromatic N) is 2. The van der Waals surface area contributed by atoms with E-state index in [1.54, 1.807) is 0 Å². The number of halogens is 1. The lowest BCUT2D eigenvalue weighted by molar-refractivity contribution is 0.621. The van der Waals surface area contributed by atoms with Crippen molar-refractivity contribution in [2.24, 2.45) is 0 Å². The van der Waals surface area contributed by atoms with Crippen LogP contribution in [-0.4, -0.2) is 16.7 Å². The standard InChI is InChI=1S/C13H13ClN4/c14-10-2-1-3-11(7-10)16-13-6-9-8-15-5-4-12(9)17-18-13/h1-3,6-7,15H,4-5,8H2,(H,16,18). The van der Waals surface area contributed by atoms with Gasteiger partial charge in [-0.25, -0.2) is 0 Å². The lowest BCUT2D eigenvalue weighted by atomic mass is 10.1. The van der Waals surface area contributed by atoms with Crippen LogP contribution in [0.15, 0.2) is 30.3 Å². The van der Waals surface area contributed by atoms with E-state index in [9.17, 15) is 0 Å². The summed E-state index contributed by atoms with van der Waals surface area (Å²) in [5, 5.41) is 15.7. The number of rotatable bonds is 2. The van der Waals surface area contributed by atoms with Crippen LogP contribution >= 0.6 is 11.6 Å². The van der Waals surface area contributed by atoms with Crippen molar-refractivity contribution in [1.82, 2.24) is 15.5 Å². The maximum atomic E-state index is 5.94. The highest BCUT2D eigenvalue weighted by atomic mass is 35.5. The predicted molar refractivity (Wildman–Crippen MR) is 72.2 cm³/mol. The summed E-state index contributed by atoms with van der Waals surface area (Å²) in [5.41, 5.74) is 3.21. The van der Waals surface area contributed by atoms with Crippen molar-refractivity contribution < 1.29 is 0 Å². The summed E-state index contributed by atoms with van der Waals surface area (Å²) in [6, 6.07) is 9.59. The first-order chi connectivity index (χ1) is 8.81. The molecule has 4 nitrogen and oxygen atoms in total. The minimum absolute atomic E-state index is 0.701. The Balaban J connectivity index is 1.85. The quantitative estimate of drug-likeness (QED) is 0.871. The van der Waals surface area contributed by atoms with Crippen molar-refractivity contribution in [3.05, 3.63) is 46.6 Å². The second-order valence-corrected chi connectivity index (χ2v) is 4.70. The molecule has 1 aromatic carbocycles. The van der Waals surface area contributed by atoms with E-state index in [4.69, 9.17) is 11.6 Å². The molecule has 0 bridgehead atoms. The molecule has 3 rings (SSSR count). The summed E-state index contributed by atoms with van der Waals surface area (Å²) in [6.07, 6.45) is 0.944. The molecule has 2 aromatic rings. The Hall–Kier alpha value is -1.65. The normalized spacial score (nSPS) is 14.1. The van der Waals surface area contributed by atoms with Crippen LogP contribution in [0.5, 0.6) is 0 Å². The molecule has 18 heavy (non-hydrogen) atoms. The molecule has 92 valence electrons. The van der Waals surface area contributed by atoms with Crippen molar-refractivity contribution in [3.8, 4) is 0 Å². The fourth-order valence-electron chi connectivity index (χ4n) is 2.02. The van der Waals surface area contributed by atoms with Crippen LogP contribution in [0.1, 0.15) is 11.3 Å². The Labute approximate surface area is 110 Å². The van der Waals surface area contributed by atoms with Gasteiger partial charge >= 0.3 is 0 Å². The predicted octanol–water partition coefficient (Wildman–Crippen LogP) is 2.52. The molecule has 1 aliphatic heterocycles. The van der Waals surface area contributed by atoms with Crippen LogP contribution in [0.25, 0.3) is 0 Å². The molecule has 0 unspecified atom stereocenters. The molecule has 0 radical (unpaired) electrons. The van der Waals surface area contributed by atoms with Crippen molar-refractivity contribution in [2.45, 2.75) is 13.0 Å². The average molecular weight is 261 g/mol. The van der Waals surface area contributed by atoms with E-state index in [2.05, 4.69) is 20.8 Å². The summed E-state index contributed by atoms with van der Waals surface area (Å²) in [4.78, 5) is 0. The molecule has 0 fully saturated rings. The van der Waals surface area contributed by atoms with E-state index in [1.807, 2.05) is 30.3 Å². The van der Waals surface area contributed by atoms with Gasteiger partial charge in [0.15, 0.2) is 5.82 Å². The first-order valence-corrected chi connectivity index (χ1v) is 6.28. The third-order valence-electron chi connectivity index (χ3n) is 2.91. The van der Waals surface area contributed by atoms with E-state index < -0.39 is 0 Å². The first kappa shape index (κ1) is 11.4. The highest BCUT2D eigenvalue weighted by Crippen LogP contribution is 2.20. The monoisotopic (exact) mass is 260 g/mol. The second-order valence-electron chi connectivity index (χ2n) is 4.26. The van der Waals surface area contributed by atoms with Crippen LogP contribution in [0.2, 0.25) is 5.02 Å². The number of hydrogen-bond acceptors (Lipinski definition) is 4. The smallest absolute Gasteiger partial charge is 0.153 e. The van der Waals surface area contributed by atoms with Gasteiger partial charge < -0.3 is 10.6 Å². The number of fused-ring (bicyclic) bond motifs is 1. The number of aromatic nitrogens is 2. The van der Waals surface area contributed by atoms with Crippen molar-refractivity contribution in [3.63, 3.8) is 0 Å².